The summed E-state index contributed by atoms with van der Waals surface area (Å²) in [6.07, 6.45) is 1.46. The minimum absolute atomic E-state index is 0.178. The molecule has 1 amide bonds. The van der Waals surface area contributed by atoms with Crippen molar-refractivity contribution in [1.29, 1.82) is 0 Å². The van der Waals surface area contributed by atoms with E-state index in [1.807, 2.05) is 32.9 Å². The number of carbonyl (C=O) groups is 1. The standard InChI is InChI=1S/C20H27N5O2/c1-20(2,3)23-19(26)17-13-18(22-14-21-17)25-11-9-24(10-12-25)15-5-7-16(27-4)8-6-15/h5-8,13-14H,9-12H2,1-4H3,(H,23,26). The lowest BCUT2D eigenvalue weighted by atomic mass is 10.1. The maximum Gasteiger partial charge on any atom is 0.270 e. The van der Waals surface area contributed by atoms with E-state index in [2.05, 4.69) is 37.2 Å². The maximum absolute atomic E-state index is 12.3. The molecule has 1 fully saturated rings. The summed E-state index contributed by atoms with van der Waals surface area (Å²) in [5.74, 6) is 1.47. The van der Waals surface area contributed by atoms with Crippen molar-refractivity contribution in [2.45, 2.75) is 26.3 Å². The summed E-state index contributed by atoms with van der Waals surface area (Å²) >= 11 is 0. The number of rotatable bonds is 4. The lowest BCUT2D eigenvalue weighted by Gasteiger charge is -2.36. The Kier molecular flexibility index (Phi) is 5.48. The summed E-state index contributed by atoms with van der Waals surface area (Å²) < 4.78 is 5.22. The van der Waals surface area contributed by atoms with E-state index in [0.717, 1.165) is 37.7 Å². The average molecular weight is 369 g/mol. The van der Waals surface area contributed by atoms with E-state index in [-0.39, 0.29) is 11.4 Å². The van der Waals surface area contributed by atoms with Crippen LogP contribution in [0.1, 0.15) is 31.3 Å². The normalized spacial score (nSPS) is 14.8. The highest BCUT2D eigenvalue weighted by atomic mass is 16.5. The Hall–Kier alpha value is -2.83. The van der Waals surface area contributed by atoms with Crippen molar-refractivity contribution in [1.82, 2.24) is 15.3 Å². The molecule has 0 saturated carbocycles. The molecule has 0 aliphatic carbocycles. The summed E-state index contributed by atoms with van der Waals surface area (Å²) in [5, 5.41) is 2.94. The minimum atomic E-state index is -0.299. The molecule has 1 aromatic carbocycles. The molecule has 7 nitrogen and oxygen atoms in total. The zero-order valence-corrected chi connectivity index (χ0v) is 16.4. The zero-order chi connectivity index (χ0) is 19.4. The lowest BCUT2D eigenvalue weighted by molar-refractivity contribution is 0.0914. The molecule has 2 heterocycles. The molecular weight excluding hydrogens is 342 g/mol. The predicted octanol–water partition coefficient (Wildman–Crippen LogP) is 2.34. The van der Waals surface area contributed by atoms with Gasteiger partial charge in [-0.3, -0.25) is 4.79 Å². The van der Waals surface area contributed by atoms with Crippen LogP contribution in [-0.4, -0.2) is 54.7 Å². The average Bonchev–Trinajstić information content (AvgIpc) is 2.67. The highest BCUT2D eigenvalue weighted by Crippen LogP contribution is 2.22. The molecule has 1 saturated heterocycles. The molecule has 0 unspecified atom stereocenters. The van der Waals surface area contributed by atoms with Gasteiger partial charge in [-0.2, -0.15) is 0 Å². The quantitative estimate of drug-likeness (QED) is 0.892. The SMILES string of the molecule is COc1ccc(N2CCN(c3cc(C(=O)NC(C)(C)C)ncn3)CC2)cc1. The first-order chi connectivity index (χ1) is 12.9. The van der Waals surface area contributed by atoms with E-state index in [9.17, 15) is 4.79 Å². The molecule has 0 spiro atoms. The Morgan fingerprint density at radius 2 is 1.67 bits per heavy atom. The summed E-state index contributed by atoms with van der Waals surface area (Å²) in [6.45, 7) is 9.30. The molecule has 3 rings (SSSR count). The molecule has 1 aliphatic rings. The molecule has 1 aromatic heterocycles. The van der Waals surface area contributed by atoms with Crippen LogP contribution in [0.3, 0.4) is 0 Å². The number of methoxy groups -OCH3 is 1. The van der Waals surface area contributed by atoms with Crippen molar-refractivity contribution in [3.8, 4) is 5.75 Å². The second-order valence-corrected chi connectivity index (χ2v) is 7.64. The molecule has 1 aliphatic heterocycles. The minimum Gasteiger partial charge on any atom is -0.497 e. The number of aromatic nitrogens is 2. The van der Waals surface area contributed by atoms with Crippen LogP contribution >= 0.6 is 0 Å². The van der Waals surface area contributed by atoms with Gasteiger partial charge in [-0.05, 0) is 45.0 Å². The lowest BCUT2D eigenvalue weighted by Crippen LogP contribution is -2.47. The molecule has 1 N–H and O–H groups in total. The Bertz CT molecular complexity index is 778. The monoisotopic (exact) mass is 369 g/mol. The topological polar surface area (TPSA) is 70.6 Å². The fraction of sp³-hybridized carbons (Fsp3) is 0.450. The number of piperazine rings is 1. The first-order valence-electron chi connectivity index (χ1n) is 9.14. The van der Waals surface area contributed by atoms with Crippen molar-refractivity contribution in [2.75, 3.05) is 43.1 Å². The van der Waals surface area contributed by atoms with Crippen molar-refractivity contribution < 1.29 is 9.53 Å². The summed E-state index contributed by atoms with van der Waals surface area (Å²) in [6, 6.07) is 9.88. The number of ether oxygens (including phenoxy) is 1. The first kappa shape index (κ1) is 18.9. The van der Waals surface area contributed by atoms with Gasteiger partial charge < -0.3 is 19.9 Å². The van der Waals surface area contributed by atoms with Gasteiger partial charge in [-0.1, -0.05) is 0 Å². The van der Waals surface area contributed by atoms with Crippen molar-refractivity contribution >= 4 is 17.4 Å². The number of nitrogens with one attached hydrogen (secondary N) is 1. The smallest absolute Gasteiger partial charge is 0.270 e. The molecule has 0 bridgehead atoms. The molecular formula is C20H27N5O2. The predicted molar refractivity (Wildman–Crippen MR) is 107 cm³/mol. The van der Waals surface area contributed by atoms with Crippen LogP contribution in [0, 0.1) is 0 Å². The summed E-state index contributed by atoms with van der Waals surface area (Å²) in [4.78, 5) is 25.4. The van der Waals surface area contributed by atoms with Crippen LogP contribution in [0.25, 0.3) is 0 Å². The summed E-state index contributed by atoms with van der Waals surface area (Å²) in [7, 11) is 1.67. The number of anilines is 2. The third-order valence-corrected chi connectivity index (χ3v) is 4.42. The Morgan fingerprint density at radius 1 is 1.04 bits per heavy atom. The third kappa shape index (κ3) is 4.87. The molecule has 0 radical (unpaired) electrons. The molecule has 0 atom stereocenters. The Balaban J connectivity index is 1.63. The van der Waals surface area contributed by atoms with Crippen molar-refractivity contribution in [2.24, 2.45) is 0 Å². The Labute approximate surface area is 160 Å². The second-order valence-electron chi connectivity index (χ2n) is 7.64. The van der Waals surface area contributed by atoms with E-state index < -0.39 is 0 Å². The molecule has 2 aromatic rings. The second kappa shape index (κ2) is 7.82. The Morgan fingerprint density at radius 3 is 2.26 bits per heavy atom. The number of hydrogen-bond acceptors (Lipinski definition) is 6. The van der Waals surface area contributed by atoms with E-state index in [1.165, 1.54) is 12.0 Å². The van der Waals surface area contributed by atoms with Crippen LogP contribution < -0.4 is 19.9 Å². The van der Waals surface area contributed by atoms with Crippen LogP contribution in [-0.2, 0) is 0 Å². The van der Waals surface area contributed by atoms with Gasteiger partial charge in [0.2, 0.25) is 0 Å². The van der Waals surface area contributed by atoms with E-state index in [4.69, 9.17) is 4.74 Å². The van der Waals surface area contributed by atoms with E-state index >= 15 is 0 Å². The largest absolute Gasteiger partial charge is 0.497 e. The van der Waals surface area contributed by atoms with Gasteiger partial charge in [-0.15, -0.1) is 0 Å². The molecule has 144 valence electrons. The van der Waals surface area contributed by atoms with Crippen LogP contribution in [0.4, 0.5) is 11.5 Å². The van der Waals surface area contributed by atoms with Crippen molar-refractivity contribution in [3.63, 3.8) is 0 Å². The number of carbonyl (C=O) groups excluding carboxylic acids is 1. The van der Waals surface area contributed by atoms with Crippen LogP contribution in [0.2, 0.25) is 0 Å². The van der Waals surface area contributed by atoms with Gasteiger partial charge in [0.25, 0.3) is 5.91 Å². The number of benzene rings is 1. The zero-order valence-electron chi connectivity index (χ0n) is 16.4. The molecule has 7 heteroatoms. The van der Waals surface area contributed by atoms with Crippen molar-refractivity contribution in [3.05, 3.63) is 42.4 Å². The van der Waals surface area contributed by atoms with Gasteiger partial charge >= 0.3 is 0 Å². The van der Waals surface area contributed by atoms with Crippen LogP contribution in [0.15, 0.2) is 36.7 Å². The van der Waals surface area contributed by atoms with Gasteiger partial charge in [0.05, 0.1) is 7.11 Å². The first-order valence-corrected chi connectivity index (χ1v) is 9.14. The highest BCUT2D eigenvalue weighted by molar-refractivity contribution is 5.93. The maximum atomic E-state index is 12.3. The third-order valence-electron chi connectivity index (χ3n) is 4.42. The highest BCUT2D eigenvalue weighted by Gasteiger charge is 2.21. The fourth-order valence-electron chi connectivity index (χ4n) is 3.04. The van der Waals surface area contributed by atoms with Gasteiger partial charge in [0.1, 0.15) is 23.6 Å². The van der Waals surface area contributed by atoms with Gasteiger partial charge in [0.15, 0.2) is 0 Å². The van der Waals surface area contributed by atoms with E-state index in [0.29, 0.717) is 5.69 Å². The number of amides is 1. The fourth-order valence-corrected chi connectivity index (χ4v) is 3.04. The van der Waals surface area contributed by atoms with Gasteiger partial charge in [0, 0.05) is 43.5 Å². The number of hydrogen-bond donors (Lipinski definition) is 1. The summed E-state index contributed by atoms with van der Waals surface area (Å²) in [5.41, 5.74) is 1.28. The van der Waals surface area contributed by atoms with Crippen LogP contribution in [0.5, 0.6) is 5.75 Å². The molecule has 27 heavy (non-hydrogen) atoms. The van der Waals surface area contributed by atoms with Gasteiger partial charge in [-0.25, -0.2) is 9.97 Å². The van der Waals surface area contributed by atoms with E-state index in [1.54, 1.807) is 13.2 Å². The number of nitrogens with zero attached hydrogens (tertiary/aromatic N) is 4.